The van der Waals surface area contributed by atoms with E-state index in [1.165, 1.54) is 7.11 Å². The van der Waals surface area contributed by atoms with Crippen molar-refractivity contribution in [1.29, 1.82) is 0 Å². The second-order valence-electron chi connectivity index (χ2n) is 3.82. The highest BCUT2D eigenvalue weighted by Gasteiger charge is 2.14. The van der Waals surface area contributed by atoms with E-state index in [0.717, 1.165) is 5.56 Å². The molecule has 1 aromatic rings. The molecule has 18 heavy (non-hydrogen) atoms. The topological polar surface area (TPSA) is 29.5 Å². The van der Waals surface area contributed by atoms with Gasteiger partial charge in [-0.1, -0.05) is 23.2 Å². The number of methoxy groups -OCH3 is 1. The third-order valence-electron chi connectivity index (χ3n) is 2.78. The van der Waals surface area contributed by atoms with Gasteiger partial charge in [-0.25, -0.2) is 0 Å². The van der Waals surface area contributed by atoms with Gasteiger partial charge in [0, 0.05) is 24.2 Å². The molecule has 0 aromatic heterocycles. The van der Waals surface area contributed by atoms with E-state index < -0.39 is 0 Å². The molecule has 0 N–H and O–H groups in total. The Balaban J connectivity index is 2.91. The van der Waals surface area contributed by atoms with Gasteiger partial charge in [-0.05, 0) is 25.5 Å². The van der Waals surface area contributed by atoms with Crippen molar-refractivity contribution in [3.05, 3.63) is 27.7 Å². The number of carbonyl (C=O) groups excluding carboxylic acids is 1. The van der Waals surface area contributed by atoms with Crippen LogP contribution in [0.4, 0.5) is 0 Å². The Labute approximate surface area is 118 Å². The maximum absolute atomic E-state index is 12.0. The summed E-state index contributed by atoms with van der Waals surface area (Å²) in [4.78, 5) is 13.7. The first-order valence-corrected chi connectivity index (χ1v) is 6.58. The van der Waals surface area contributed by atoms with Crippen LogP contribution < -0.4 is 4.74 Å². The molecular weight excluding hydrogens is 273 g/mol. The minimum absolute atomic E-state index is 0.0446. The van der Waals surface area contributed by atoms with E-state index in [-0.39, 0.29) is 12.3 Å². The van der Waals surface area contributed by atoms with Crippen molar-refractivity contribution in [2.45, 2.75) is 20.3 Å². The van der Waals surface area contributed by atoms with Crippen molar-refractivity contribution in [3.63, 3.8) is 0 Å². The molecule has 0 bridgehead atoms. The van der Waals surface area contributed by atoms with Crippen LogP contribution in [0, 0.1) is 0 Å². The molecule has 0 aliphatic heterocycles. The van der Waals surface area contributed by atoms with Crippen molar-refractivity contribution >= 4 is 29.1 Å². The normalized spacial score (nSPS) is 10.3. The summed E-state index contributed by atoms with van der Waals surface area (Å²) in [5.41, 5.74) is 0.722. The summed E-state index contributed by atoms with van der Waals surface area (Å²) in [5.74, 6) is 0.559. The molecule has 0 fully saturated rings. The Morgan fingerprint density at radius 3 is 2.33 bits per heavy atom. The van der Waals surface area contributed by atoms with Crippen LogP contribution in [-0.2, 0) is 11.2 Å². The standard InChI is InChI=1S/C13H17Cl2NO2/c1-4-16(5-2)13(17)7-9-6-11(15)12(18-3)8-10(9)14/h6,8H,4-5,7H2,1-3H3. The summed E-state index contributed by atoms with van der Waals surface area (Å²) in [5, 5.41) is 0.959. The average molecular weight is 290 g/mol. The van der Waals surface area contributed by atoms with Gasteiger partial charge in [-0.15, -0.1) is 0 Å². The van der Waals surface area contributed by atoms with Gasteiger partial charge >= 0.3 is 0 Å². The Morgan fingerprint density at radius 2 is 1.83 bits per heavy atom. The van der Waals surface area contributed by atoms with Crippen molar-refractivity contribution in [2.75, 3.05) is 20.2 Å². The van der Waals surface area contributed by atoms with Gasteiger partial charge < -0.3 is 9.64 Å². The Bertz CT molecular complexity index is 431. The number of halogens is 2. The number of carbonyl (C=O) groups is 1. The fraction of sp³-hybridized carbons (Fsp3) is 0.462. The molecule has 3 nitrogen and oxygen atoms in total. The van der Waals surface area contributed by atoms with Crippen molar-refractivity contribution in [1.82, 2.24) is 4.90 Å². The number of hydrogen-bond acceptors (Lipinski definition) is 2. The molecule has 0 aliphatic carbocycles. The van der Waals surface area contributed by atoms with E-state index in [4.69, 9.17) is 27.9 Å². The van der Waals surface area contributed by atoms with Crippen LogP contribution in [0.15, 0.2) is 12.1 Å². The first kappa shape index (κ1) is 15.1. The molecule has 5 heteroatoms. The highest BCUT2D eigenvalue weighted by atomic mass is 35.5. The van der Waals surface area contributed by atoms with Crippen LogP contribution in [0.1, 0.15) is 19.4 Å². The molecule has 0 atom stereocenters. The third kappa shape index (κ3) is 3.53. The van der Waals surface area contributed by atoms with E-state index in [0.29, 0.717) is 28.9 Å². The molecule has 0 aliphatic rings. The summed E-state index contributed by atoms with van der Waals surface area (Å²) in [6.07, 6.45) is 0.254. The fourth-order valence-electron chi connectivity index (χ4n) is 1.71. The van der Waals surface area contributed by atoms with E-state index >= 15 is 0 Å². The number of benzene rings is 1. The predicted octanol–water partition coefficient (Wildman–Crippen LogP) is 3.41. The summed E-state index contributed by atoms with van der Waals surface area (Å²) in [6.45, 7) is 5.28. The number of hydrogen-bond donors (Lipinski definition) is 0. The van der Waals surface area contributed by atoms with Gasteiger partial charge in [0.2, 0.25) is 5.91 Å². The molecule has 100 valence electrons. The number of nitrogens with zero attached hydrogens (tertiary/aromatic N) is 1. The number of likely N-dealkylation sites (N-methyl/N-ethyl adjacent to an activating group) is 1. The number of ether oxygens (including phenoxy) is 1. The lowest BCUT2D eigenvalue weighted by Crippen LogP contribution is -2.31. The lowest BCUT2D eigenvalue weighted by atomic mass is 10.1. The zero-order valence-corrected chi connectivity index (χ0v) is 12.3. The Kier molecular flexibility index (Phi) is 5.76. The maximum Gasteiger partial charge on any atom is 0.227 e. The molecule has 1 aromatic carbocycles. The van der Waals surface area contributed by atoms with Gasteiger partial charge in [0.05, 0.1) is 18.6 Å². The van der Waals surface area contributed by atoms with Crippen molar-refractivity contribution in [2.24, 2.45) is 0 Å². The maximum atomic E-state index is 12.0. The van der Waals surface area contributed by atoms with Crippen LogP contribution in [-0.4, -0.2) is 31.0 Å². The van der Waals surface area contributed by atoms with Gasteiger partial charge in [-0.3, -0.25) is 4.79 Å². The van der Waals surface area contributed by atoms with E-state index in [2.05, 4.69) is 0 Å². The molecule has 1 rings (SSSR count). The first-order chi connectivity index (χ1) is 8.53. The molecule has 0 radical (unpaired) electrons. The predicted molar refractivity (Wildman–Crippen MR) is 74.6 cm³/mol. The highest BCUT2D eigenvalue weighted by Crippen LogP contribution is 2.31. The monoisotopic (exact) mass is 289 g/mol. The summed E-state index contributed by atoms with van der Waals surface area (Å²) in [7, 11) is 1.53. The second-order valence-corrected chi connectivity index (χ2v) is 4.64. The van der Waals surface area contributed by atoms with Gasteiger partial charge in [0.1, 0.15) is 5.75 Å². The quantitative estimate of drug-likeness (QED) is 0.831. The zero-order chi connectivity index (χ0) is 13.7. The van der Waals surface area contributed by atoms with Crippen LogP contribution in [0.5, 0.6) is 5.75 Å². The zero-order valence-electron chi connectivity index (χ0n) is 10.8. The molecular formula is C13H17Cl2NO2. The number of amides is 1. The van der Waals surface area contributed by atoms with Crippen molar-refractivity contribution in [3.8, 4) is 5.75 Å². The Morgan fingerprint density at radius 1 is 1.22 bits per heavy atom. The largest absolute Gasteiger partial charge is 0.495 e. The van der Waals surface area contributed by atoms with Crippen LogP contribution >= 0.6 is 23.2 Å². The minimum Gasteiger partial charge on any atom is -0.495 e. The van der Waals surface area contributed by atoms with Gasteiger partial charge in [-0.2, -0.15) is 0 Å². The third-order valence-corrected chi connectivity index (χ3v) is 3.43. The summed E-state index contributed by atoms with van der Waals surface area (Å²) >= 11 is 12.1. The van der Waals surface area contributed by atoms with E-state index in [9.17, 15) is 4.79 Å². The second kappa shape index (κ2) is 6.86. The molecule has 0 heterocycles. The van der Waals surface area contributed by atoms with Gasteiger partial charge in [0.25, 0.3) is 0 Å². The van der Waals surface area contributed by atoms with E-state index in [1.807, 2.05) is 13.8 Å². The molecule has 0 spiro atoms. The smallest absolute Gasteiger partial charge is 0.227 e. The average Bonchev–Trinajstić information content (AvgIpc) is 2.34. The summed E-state index contributed by atoms with van der Waals surface area (Å²) in [6, 6.07) is 3.32. The Hall–Kier alpha value is -0.930. The van der Waals surface area contributed by atoms with E-state index in [1.54, 1.807) is 17.0 Å². The van der Waals surface area contributed by atoms with Crippen LogP contribution in [0.3, 0.4) is 0 Å². The molecule has 0 unspecified atom stereocenters. The SMILES string of the molecule is CCN(CC)C(=O)Cc1cc(Cl)c(OC)cc1Cl. The van der Waals surface area contributed by atoms with Gasteiger partial charge in [0.15, 0.2) is 0 Å². The molecule has 1 amide bonds. The van der Waals surface area contributed by atoms with Crippen LogP contribution in [0.25, 0.3) is 0 Å². The first-order valence-electron chi connectivity index (χ1n) is 5.83. The van der Waals surface area contributed by atoms with Crippen molar-refractivity contribution < 1.29 is 9.53 Å². The lowest BCUT2D eigenvalue weighted by Gasteiger charge is -2.19. The highest BCUT2D eigenvalue weighted by molar-refractivity contribution is 6.34. The summed E-state index contributed by atoms with van der Waals surface area (Å²) < 4.78 is 5.06. The number of rotatable bonds is 5. The molecule has 0 saturated heterocycles. The molecule has 0 saturated carbocycles. The fourth-order valence-corrected chi connectivity index (χ4v) is 2.20. The lowest BCUT2D eigenvalue weighted by molar-refractivity contribution is -0.130. The minimum atomic E-state index is 0.0446. The van der Waals surface area contributed by atoms with Crippen LogP contribution in [0.2, 0.25) is 10.0 Å².